The number of nitrogens with zero attached hydrogens (tertiary/aromatic N) is 2. The molecule has 3 N–H and O–H groups in total. The van der Waals surface area contributed by atoms with Crippen molar-refractivity contribution in [3.8, 4) is 0 Å². The topological polar surface area (TPSA) is 84.4 Å². The van der Waals surface area contributed by atoms with Crippen LogP contribution in [0.25, 0.3) is 0 Å². The molecule has 19 heavy (non-hydrogen) atoms. The highest BCUT2D eigenvalue weighted by atomic mass is 32.2. The van der Waals surface area contributed by atoms with Crippen LogP contribution in [-0.2, 0) is 0 Å². The van der Waals surface area contributed by atoms with Gasteiger partial charge in [-0.15, -0.1) is 0 Å². The van der Waals surface area contributed by atoms with E-state index in [4.69, 9.17) is 5.73 Å². The van der Waals surface area contributed by atoms with Crippen molar-refractivity contribution >= 4 is 28.8 Å². The molecule has 1 aromatic carbocycles. The summed E-state index contributed by atoms with van der Waals surface area (Å²) >= 11 is 1.99. The molecule has 1 saturated heterocycles. The number of hydrogen-bond donors (Lipinski definition) is 2. The van der Waals surface area contributed by atoms with Gasteiger partial charge in [0.25, 0.3) is 5.69 Å². The van der Waals surface area contributed by atoms with Gasteiger partial charge in [-0.05, 0) is 12.1 Å². The predicted octanol–water partition coefficient (Wildman–Crippen LogP) is 1.64. The molecule has 7 heteroatoms. The highest BCUT2D eigenvalue weighted by Crippen LogP contribution is 2.24. The van der Waals surface area contributed by atoms with E-state index in [0.29, 0.717) is 0 Å². The van der Waals surface area contributed by atoms with Crippen molar-refractivity contribution in [1.29, 1.82) is 0 Å². The second-order valence-electron chi connectivity index (χ2n) is 4.41. The smallest absolute Gasteiger partial charge is 0.292 e. The number of nitro benzene ring substituents is 1. The maximum atomic E-state index is 10.7. The van der Waals surface area contributed by atoms with E-state index in [0.717, 1.165) is 31.9 Å². The summed E-state index contributed by atoms with van der Waals surface area (Å²) < 4.78 is 0. The molecule has 1 heterocycles. The molecule has 1 aliphatic rings. The van der Waals surface area contributed by atoms with E-state index in [1.807, 2.05) is 11.8 Å². The Morgan fingerprint density at radius 3 is 2.79 bits per heavy atom. The zero-order valence-corrected chi connectivity index (χ0v) is 11.5. The number of thioether (sulfide) groups is 1. The fourth-order valence-electron chi connectivity index (χ4n) is 2.01. The summed E-state index contributed by atoms with van der Waals surface area (Å²) in [5, 5.41) is 13.9. The molecule has 0 aromatic heterocycles. The molecule has 6 nitrogen and oxygen atoms in total. The summed E-state index contributed by atoms with van der Waals surface area (Å²) in [6.07, 6.45) is 0. The number of hydrogen-bond acceptors (Lipinski definition) is 6. The Labute approximate surface area is 116 Å². The van der Waals surface area contributed by atoms with E-state index in [-0.39, 0.29) is 11.4 Å². The van der Waals surface area contributed by atoms with Gasteiger partial charge in [0.15, 0.2) is 0 Å². The lowest BCUT2D eigenvalue weighted by Gasteiger charge is -2.26. The van der Waals surface area contributed by atoms with E-state index in [1.54, 1.807) is 12.1 Å². The van der Waals surface area contributed by atoms with Crippen molar-refractivity contribution in [2.45, 2.75) is 0 Å². The van der Waals surface area contributed by atoms with Crippen molar-refractivity contribution in [2.24, 2.45) is 0 Å². The third-order valence-corrected chi connectivity index (χ3v) is 4.03. The van der Waals surface area contributed by atoms with Gasteiger partial charge < -0.3 is 11.1 Å². The van der Waals surface area contributed by atoms with Crippen LogP contribution in [0.2, 0.25) is 0 Å². The first-order chi connectivity index (χ1) is 9.16. The van der Waals surface area contributed by atoms with Crippen LogP contribution in [-0.4, -0.2) is 47.5 Å². The normalized spacial score (nSPS) is 16.2. The number of anilines is 2. The van der Waals surface area contributed by atoms with Crippen LogP contribution >= 0.6 is 11.8 Å². The Balaban J connectivity index is 1.82. The van der Waals surface area contributed by atoms with Crippen LogP contribution in [0.4, 0.5) is 17.1 Å². The summed E-state index contributed by atoms with van der Waals surface area (Å²) in [7, 11) is 0. The number of nitro groups is 1. The Kier molecular flexibility index (Phi) is 4.86. The number of nitrogens with two attached hydrogens (primary N) is 1. The Bertz CT molecular complexity index is 449. The maximum absolute atomic E-state index is 10.7. The summed E-state index contributed by atoms with van der Waals surface area (Å²) in [6.45, 7) is 4.07. The fraction of sp³-hybridized carbons (Fsp3) is 0.500. The molecule has 0 aliphatic carbocycles. The van der Waals surface area contributed by atoms with Crippen molar-refractivity contribution in [3.05, 3.63) is 28.3 Å². The van der Waals surface area contributed by atoms with Gasteiger partial charge in [0.05, 0.1) is 4.92 Å². The van der Waals surface area contributed by atoms with E-state index >= 15 is 0 Å². The minimum absolute atomic E-state index is 0.0430. The number of rotatable bonds is 5. The Morgan fingerprint density at radius 2 is 2.16 bits per heavy atom. The predicted molar refractivity (Wildman–Crippen MR) is 79.8 cm³/mol. The van der Waals surface area contributed by atoms with Gasteiger partial charge in [-0.1, -0.05) is 0 Å². The molecule has 0 amide bonds. The molecule has 0 saturated carbocycles. The first-order valence-electron chi connectivity index (χ1n) is 6.25. The van der Waals surface area contributed by atoms with Gasteiger partial charge in [0.2, 0.25) is 0 Å². The Hall–Kier alpha value is -1.47. The SMILES string of the molecule is Nc1cc(NCCN2CCSCC2)ccc1[N+](=O)[O-]. The first kappa shape index (κ1) is 14.0. The molecular formula is C12H18N4O2S. The lowest BCUT2D eigenvalue weighted by molar-refractivity contribution is -0.383. The van der Waals surface area contributed by atoms with Crippen LogP contribution in [0.3, 0.4) is 0 Å². The van der Waals surface area contributed by atoms with E-state index in [2.05, 4.69) is 10.2 Å². The van der Waals surface area contributed by atoms with Crippen LogP contribution in [0, 0.1) is 10.1 Å². The highest BCUT2D eigenvalue weighted by molar-refractivity contribution is 7.99. The van der Waals surface area contributed by atoms with E-state index < -0.39 is 4.92 Å². The standard InChI is InChI=1S/C12H18N4O2S/c13-11-9-10(1-2-12(11)16(17)18)14-3-4-15-5-7-19-8-6-15/h1-2,9,14H,3-8,13H2. The van der Waals surface area contributed by atoms with Gasteiger partial charge in [0.1, 0.15) is 5.69 Å². The van der Waals surface area contributed by atoms with Gasteiger partial charge in [-0.3, -0.25) is 15.0 Å². The molecule has 104 valence electrons. The average Bonchev–Trinajstić information content (AvgIpc) is 2.39. The van der Waals surface area contributed by atoms with Gasteiger partial charge in [-0.2, -0.15) is 11.8 Å². The molecule has 1 aromatic rings. The largest absolute Gasteiger partial charge is 0.393 e. The molecule has 0 atom stereocenters. The Morgan fingerprint density at radius 1 is 1.42 bits per heavy atom. The van der Waals surface area contributed by atoms with Crippen molar-refractivity contribution in [1.82, 2.24) is 4.90 Å². The molecule has 2 rings (SSSR count). The quantitative estimate of drug-likeness (QED) is 0.485. The first-order valence-corrected chi connectivity index (χ1v) is 7.40. The van der Waals surface area contributed by atoms with Crippen molar-refractivity contribution in [3.63, 3.8) is 0 Å². The van der Waals surface area contributed by atoms with Crippen LogP contribution in [0.5, 0.6) is 0 Å². The summed E-state index contributed by atoms with van der Waals surface area (Å²) in [6, 6.07) is 4.75. The number of nitrogen functional groups attached to an aromatic ring is 1. The van der Waals surface area contributed by atoms with Gasteiger partial charge >= 0.3 is 0 Å². The third kappa shape index (κ3) is 4.00. The van der Waals surface area contributed by atoms with Gasteiger partial charge in [0, 0.05) is 49.4 Å². The molecule has 1 fully saturated rings. The van der Waals surface area contributed by atoms with E-state index in [1.165, 1.54) is 17.6 Å². The van der Waals surface area contributed by atoms with Crippen molar-refractivity contribution < 1.29 is 4.92 Å². The van der Waals surface area contributed by atoms with Gasteiger partial charge in [-0.25, -0.2) is 0 Å². The maximum Gasteiger partial charge on any atom is 0.292 e. The zero-order valence-electron chi connectivity index (χ0n) is 10.7. The lowest BCUT2D eigenvalue weighted by atomic mass is 10.2. The summed E-state index contributed by atoms with van der Waals surface area (Å²) in [5.74, 6) is 2.40. The second-order valence-corrected chi connectivity index (χ2v) is 5.64. The van der Waals surface area contributed by atoms with Crippen LogP contribution in [0.15, 0.2) is 18.2 Å². The lowest BCUT2D eigenvalue weighted by Crippen LogP contribution is -2.36. The number of benzene rings is 1. The molecule has 0 spiro atoms. The molecule has 0 unspecified atom stereocenters. The zero-order chi connectivity index (χ0) is 13.7. The van der Waals surface area contributed by atoms with Crippen molar-refractivity contribution in [2.75, 3.05) is 48.7 Å². The van der Waals surface area contributed by atoms with Crippen LogP contribution < -0.4 is 11.1 Å². The third-order valence-electron chi connectivity index (χ3n) is 3.09. The monoisotopic (exact) mass is 282 g/mol. The number of nitrogens with one attached hydrogen (secondary N) is 1. The minimum atomic E-state index is -0.468. The fourth-order valence-corrected chi connectivity index (χ4v) is 2.99. The molecule has 0 bridgehead atoms. The highest BCUT2D eigenvalue weighted by Gasteiger charge is 2.12. The molecule has 0 radical (unpaired) electrons. The van der Waals surface area contributed by atoms with E-state index in [9.17, 15) is 10.1 Å². The summed E-state index contributed by atoms with van der Waals surface area (Å²) in [4.78, 5) is 12.6. The summed E-state index contributed by atoms with van der Waals surface area (Å²) in [5.41, 5.74) is 6.63. The molecule has 1 aliphatic heterocycles. The second kappa shape index (κ2) is 6.63. The molecular weight excluding hydrogens is 264 g/mol. The van der Waals surface area contributed by atoms with Crippen LogP contribution in [0.1, 0.15) is 0 Å². The average molecular weight is 282 g/mol. The minimum Gasteiger partial charge on any atom is -0.393 e.